The number of benzene rings is 3. The number of nitrogens with one attached hydrogen (secondary N) is 1. The van der Waals surface area contributed by atoms with Crippen LogP contribution in [0.5, 0.6) is 0 Å². The molecule has 0 saturated carbocycles. The lowest BCUT2D eigenvalue weighted by Gasteiger charge is -2.44. The third-order valence-electron chi connectivity index (χ3n) is 6.47. The SMILES string of the molecule is CC1(C)S[C@@H]2[C@H](NCc3ccccc3)C(=O)N2[C@H]1C(=O)OC(c1ccccc1)c1ccccc1. The molecule has 3 aromatic carbocycles. The van der Waals surface area contributed by atoms with Crippen molar-refractivity contribution in [3.8, 4) is 0 Å². The largest absolute Gasteiger partial charge is 0.451 e. The molecular weight excluding hydrogens is 444 g/mol. The molecule has 6 heteroatoms. The third kappa shape index (κ3) is 4.24. The Morgan fingerprint density at radius 3 is 2.03 bits per heavy atom. The molecule has 34 heavy (non-hydrogen) atoms. The summed E-state index contributed by atoms with van der Waals surface area (Å²) in [5, 5.41) is 3.29. The van der Waals surface area contributed by atoms with Crippen LogP contribution in [0.3, 0.4) is 0 Å². The lowest BCUT2D eigenvalue weighted by atomic mass is 9.95. The summed E-state index contributed by atoms with van der Waals surface area (Å²) in [5.41, 5.74) is 2.93. The molecule has 0 aliphatic carbocycles. The topological polar surface area (TPSA) is 58.6 Å². The number of thioether (sulfide) groups is 1. The number of rotatable bonds is 7. The van der Waals surface area contributed by atoms with Gasteiger partial charge in [0.05, 0.1) is 0 Å². The Labute approximate surface area is 204 Å². The van der Waals surface area contributed by atoms with E-state index >= 15 is 0 Å². The number of carbonyl (C=O) groups is 2. The highest BCUT2D eigenvalue weighted by atomic mass is 32.2. The monoisotopic (exact) mass is 472 g/mol. The van der Waals surface area contributed by atoms with Gasteiger partial charge < -0.3 is 9.64 Å². The number of amides is 1. The highest BCUT2D eigenvalue weighted by molar-refractivity contribution is 8.01. The van der Waals surface area contributed by atoms with E-state index in [0.717, 1.165) is 16.7 Å². The first-order valence-electron chi connectivity index (χ1n) is 11.5. The molecule has 174 valence electrons. The zero-order valence-corrected chi connectivity index (χ0v) is 20.1. The van der Waals surface area contributed by atoms with Crippen molar-refractivity contribution < 1.29 is 14.3 Å². The van der Waals surface area contributed by atoms with Gasteiger partial charge in [-0.2, -0.15) is 0 Å². The fourth-order valence-electron chi connectivity index (χ4n) is 4.77. The van der Waals surface area contributed by atoms with Crippen molar-refractivity contribution in [3.63, 3.8) is 0 Å². The molecule has 2 heterocycles. The van der Waals surface area contributed by atoms with Crippen molar-refractivity contribution in [2.75, 3.05) is 0 Å². The summed E-state index contributed by atoms with van der Waals surface area (Å²) in [5.74, 6) is -0.413. The normalized spacial score (nSPS) is 22.9. The molecule has 1 amide bonds. The lowest BCUT2D eigenvalue weighted by Crippen LogP contribution is -2.69. The van der Waals surface area contributed by atoms with E-state index in [-0.39, 0.29) is 23.3 Å². The molecule has 2 fully saturated rings. The fraction of sp³-hybridized carbons (Fsp3) is 0.286. The molecule has 0 spiro atoms. The number of nitrogens with zero attached hydrogens (tertiary/aromatic N) is 1. The molecule has 0 unspecified atom stereocenters. The summed E-state index contributed by atoms with van der Waals surface area (Å²) in [6.07, 6.45) is -0.530. The molecule has 3 aromatic rings. The van der Waals surface area contributed by atoms with Gasteiger partial charge in [0.15, 0.2) is 6.10 Å². The van der Waals surface area contributed by atoms with Gasteiger partial charge in [-0.1, -0.05) is 91.0 Å². The first-order valence-corrected chi connectivity index (χ1v) is 12.4. The minimum Gasteiger partial charge on any atom is -0.451 e. The van der Waals surface area contributed by atoms with Crippen LogP contribution in [0.1, 0.15) is 36.6 Å². The second kappa shape index (κ2) is 9.28. The van der Waals surface area contributed by atoms with Crippen LogP contribution in [0.4, 0.5) is 0 Å². The fourth-order valence-corrected chi connectivity index (χ4v) is 6.42. The number of esters is 1. The third-order valence-corrected chi connectivity index (χ3v) is 8.04. The van der Waals surface area contributed by atoms with Crippen LogP contribution in [-0.2, 0) is 20.9 Å². The number of fused-ring (bicyclic) bond motifs is 1. The molecule has 0 aromatic heterocycles. The Kier molecular flexibility index (Phi) is 6.19. The smallest absolute Gasteiger partial charge is 0.331 e. The molecular formula is C28H28N2O3S. The van der Waals surface area contributed by atoms with Gasteiger partial charge in [-0.25, -0.2) is 4.79 Å². The maximum atomic E-state index is 13.6. The van der Waals surface area contributed by atoms with Crippen LogP contribution >= 0.6 is 11.8 Å². The van der Waals surface area contributed by atoms with E-state index in [1.165, 1.54) is 0 Å². The highest BCUT2D eigenvalue weighted by Gasteiger charge is 2.64. The zero-order valence-electron chi connectivity index (χ0n) is 19.3. The number of carbonyl (C=O) groups excluding carboxylic acids is 2. The summed E-state index contributed by atoms with van der Waals surface area (Å²) in [6, 6.07) is 28.5. The van der Waals surface area contributed by atoms with E-state index < -0.39 is 16.9 Å². The first-order chi connectivity index (χ1) is 16.5. The molecule has 0 bridgehead atoms. The average Bonchev–Trinajstić information content (AvgIpc) is 3.11. The van der Waals surface area contributed by atoms with Crippen LogP contribution in [0, 0.1) is 0 Å². The minimum absolute atomic E-state index is 0.0445. The van der Waals surface area contributed by atoms with Crippen molar-refractivity contribution in [2.45, 2.75) is 48.7 Å². The molecule has 5 nitrogen and oxygen atoms in total. The summed E-state index contributed by atoms with van der Waals surface area (Å²) in [6.45, 7) is 4.65. The van der Waals surface area contributed by atoms with Crippen LogP contribution in [0.25, 0.3) is 0 Å². The molecule has 1 N–H and O–H groups in total. The van der Waals surface area contributed by atoms with Crippen molar-refractivity contribution in [2.24, 2.45) is 0 Å². The van der Waals surface area contributed by atoms with E-state index in [2.05, 4.69) is 5.32 Å². The molecule has 2 aliphatic heterocycles. The van der Waals surface area contributed by atoms with Gasteiger partial charge in [0.2, 0.25) is 5.91 Å². The molecule has 3 atom stereocenters. The number of β-lactam (4-membered cyclic amide) rings is 1. The van der Waals surface area contributed by atoms with Crippen molar-refractivity contribution in [1.82, 2.24) is 10.2 Å². The second-order valence-electron chi connectivity index (χ2n) is 9.24. The van der Waals surface area contributed by atoms with Gasteiger partial charge in [0.1, 0.15) is 17.5 Å². The number of hydrogen-bond donors (Lipinski definition) is 1. The van der Waals surface area contributed by atoms with Crippen molar-refractivity contribution >= 4 is 23.6 Å². The Balaban J connectivity index is 1.34. The first kappa shape index (κ1) is 22.7. The molecule has 2 saturated heterocycles. The van der Waals surface area contributed by atoms with Crippen molar-refractivity contribution in [3.05, 3.63) is 108 Å². The zero-order chi connectivity index (χ0) is 23.7. The lowest BCUT2D eigenvalue weighted by molar-refractivity contribution is -0.166. The van der Waals surface area contributed by atoms with E-state index in [1.807, 2.05) is 105 Å². The molecule has 2 aliphatic rings. The highest BCUT2D eigenvalue weighted by Crippen LogP contribution is 2.51. The number of hydrogen-bond acceptors (Lipinski definition) is 5. The van der Waals surface area contributed by atoms with Crippen LogP contribution in [0.2, 0.25) is 0 Å². The van der Waals surface area contributed by atoms with E-state index in [4.69, 9.17) is 4.74 Å². The van der Waals surface area contributed by atoms with Gasteiger partial charge in [0.25, 0.3) is 0 Å². The summed E-state index contributed by atoms with van der Waals surface area (Å²) in [4.78, 5) is 28.4. The van der Waals surface area contributed by atoms with Gasteiger partial charge >= 0.3 is 5.97 Å². The van der Waals surface area contributed by atoms with Crippen LogP contribution in [-0.4, -0.2) is 39.0 Å². The predicted molar refractivity (Wildman–Crippen MR) is 134 cm³/mol. The second-order valence-corrected chi connectivity index (χ2v) is 11.0. The van der Waals surface area contributed by atoms with Crippen molar-refractivity contribution in [1.29, 1.82) is 0 Å². The Hall–Kier alpha value is -3.09. The minimum atomic E-state index is -0.639. The summed E-state index contributed by atoms with van der Waals surface area (Å²) in [7, 11) is 0. The van der Waals surface area contributed by atoms with E-state index in [1.54, 1.807) is 16.7 Å². The molecule has 5 rings (SSSR count). The average molecular weight is 473 g/mol. The van der Waals surface area contributed by atoms with E-state index in [9.17, 15) is 9.59 Å². The maximum absolute atomic E-state index is 13.6. The molecule has 0 radical (unpaired) electrons. The van der Waals surface area contributed by atoms with Gasteiger partial charge in [-0.15, -0.1) is 11.8 Å². The van der Waals surface area contributed by atoms with E-state index in [0.29, 0.717) is 6.54 Å². The van der Waals surface area contributed by atoms with Crippen LogP contribution in [0.15, 0.2) is 91.0 Å². The Bertz CT molecular complexity index is 1110. The quantitative estimate of drug-likeness (QED) is 0.404. The Morgan fingerprint density at radius 2 is 1.47 bits per heavy atom. The van der Waals surface area contributed by atoms with Crippen LogP contribution < -0.4 is 5.32 Å². The maximum Gasteiger partial charge on any atom is 0.331 e. The van der Waals surface area contributed by atoms with Gasteiger partial charge in [-0.3, -0.25) is 10.1 Å². The summed E-state index contributed by atoms with van der Waals surface area (Å²) >= 11 is 1.66. The standard InChI is InChI=1S/C28H28N2O3S/c1-28(2)24(30-25(31)22(26(30)34-28)29-18-19-12-6-3-7-13-19)27(32)33-23(20-14-8-4-9-15-20)21-16-10-5-11-17-21/h3-17,22-24,26,29H,18H2,1-2H3/t22-,24+,26-/m1/s1. The predicted octanol–water partition coefficient (Wildman–Crippen LogP) is 4.54. The Morgan fingerprint density at radius 1 is 0.941 bits per heavy atom. The number of ether oxygens (including phenoxy) is 1. The summed E-state index contributed by atoms with van der Waals surface area (Å²) < 4.78 is 5.68. The van der Waals surface area contributed by atoms with Gasteiger partial charge in [0, 0.05) is 11.3 Å². The van der Waals surface area contributed by atoms with Gasteiger partial charge in [-0.05, 0) is 30.5 Å².